The average molecular weight is 387 g/mol. The highest BCUT2D eigenvalue weighted by Crippen LogP contribution is 2.42. The molecule has 4 rings (SSSR count). The molecule has 0 aliphatic carbocycles. The minimum Gasteiger partial charge on any atom is -0.378 e. The molecule has 0 saturated carbocycles. The second-order valence-corrected chi connectivity index (χ2v) is 7.71. The highest BCUT2D eigenvalue weighted by atomic mass is 32.1. The summed E-state index contributed by atoms with van der Waals surface area (Å²) in [4.78, 5) is 29.1. The van der Waals surface area contributed by atoms with Gasteiger partial charge in [0.15, 0.2) is 0 Å². The zero-order valence-corrected chi connectivity index (χ0v) is 15.7. The van der Waals surface area contributed by atoms with Gasteiger partial charge in [-0.1, -0.05) is 6.07 Å². The summed E-state index contributed by atoms with van der Waals surface area (Å²) < 4.78 is 5.27. The molecular weight excluding hydrogens is 366 g/mol. The SMILES string of the molecule is O=C(c1ccc(N2CCCC2c2cccs2)c([N+](=O)[O-])c1)N1CCOCC1. The Labute approximate surface area is 161 Å². The molecule has 3 heterocycles. The highest BCUT2D eigenvalue weighted by molar-refractivity contribution is 7.10. The van der Waals surface area contributed by atoms with Gasteiger partial charge in [-0.3, -0.25) is 14.9 Å². The third kappa shape index (κ3) is 3.54. The van der Waals surface area contributed by atoms with Crippen LogP contribution < -0.4 is 4.90 Å². The molecule has 142 valence electrons. The number of carbonyl (C=O) groups is 1. The molecule has 2 aliphatic heterocycles. The van der Waals surface area contributed by atoms with Crippen LogP contribution in [0.15, 0.2) is 35.7 Å². The number of nitrogens with zero attached hydrogens (tertiary/aromatic N) is 3. The molecule has 7 nitrogen and oxygen atoms in total. The number of amides is 1. The summed E-state index contributed by atoms with van der Waals surface area (Å²) in [5, 5.41) is 13.8. The maximum absolute atomic E-state index is 12.7. The largest absolute Gasteiger partial charge is 0.378 e. The van der Waals surface area contributed by atoms with Crippen molar-refractivity contribution in [2.24, 2.45) is 0 Å². The lowest BCUT2D eigenvalue weighted by Gasteiger charge is -2.28. The van der Waals surface area contributed by atoms with E-state index in [1.165, 1.54) is 10.9 Å². The quantitative estimate of drug-likeness (QED) is 0.593. The molecule has 0 spiro atoms. The maximum Gasteiger partial charge on any atom is 0.293 e. The number of morpholine rings is 1. The van der Waals surface area contributed by atoms with Gasteiger partial charge in [-0.2, -0.15) is 0 Å². The third-order valence-electron chi connectivity index (χ3n) is 5.15. The van der Waals surface area contributed by atoms with Crippen molar-refractivity contribution in [3.63, 3.8) is 0 Å². The van der Waals surface area contributed by atoms with E-state index < -0.39 is 0 Å². The molecule has 27 heavy (non-hydrogen) atoms. The maximum atomic E-state index is 12.7. The van der Waals surface area contributed by atoms with Crippen molar-refractivity contribution in [3.8, 4) is 0 Å². The van der Waals surface area contributed by atoms with E-state index in [0.29, 0.717) is 37.6 Å². The summed E-state index contributed by atoms with van der Waals surface area (Å²) in [6.45, 7) is 2.81. The number of hydrogen-bond acceptors (Lipinski definition) is 6. The molecule has 2 fully saturated rings. The fourth-order valence-corrected chi connectivity index (χ4v) is 4.70. The molecule has 0 radical (unpaired) electrons. The predicted octanol–water partition coefficient (Wildman–Crippen LogP) is 3.47. The number of thiophene rings is 1. The summed E-state index contributed by atoms with van der Waals surface area (Å²) in [6.07, 6.45) is 1.97. The van der Waals surface area contributed by atoms with Crippen LogP contribution in [0.3, 0.4) is 0 Å². The van der Waals surface area contributed by atoms with Gasteiger partial charge in [-0.25, -0.2) is 0 Å². The number of anilines is 1. The highest BCUT2D eigenvalue weighted by Gasteiger charge is 2.32. The smallest absolute Gasteiger partial charge is 0.293 e. The van der Waals surface area contributed by atoms with E-state index in [0.717, 1.165) is 19.4 Å². The van der Waals surface area contributed by atoms with Crippen molar-refractivity contribution < 1.29 is 14.5 Å². The minimum absolute atomic E-state index is 0.00225. The first-order chi connectivity index (χ1) is 13.1. The van der Waals surface area contributed by atoms with E-state index in [-0.39, 0.29) is 22.6 Å². The van der Waals surface area contributed by atoms with Crippen LogP contribution in [0.25, 0.3) is 0 Å². The lowest BCUT2D eigenvalue weighted by Crippen LogP contribution is -2.40. The van der Waals surface area contributed by atoms with E-state index >= 15 is 0 Å². The van der Waals surface area contributed by atoms with Crippen molar-refractivity contribution in [1.29, 1.82) is 0 Å². The molecule has 0 bridgehead atoms. The summed E-state index contributed by atoms with van der Waals surface area (Å²) in [6, 6.07) is 9.12. The first kappa shape index (κ1) is 17.9. The van der Waals surface area contributed by atoms with E-state index in [2.05, 4.69) is 11.0 Å². The Bertz CT molecular complexity index is 833. The second kappa shape index (κ2) is 7.66. The first-order valence-corrected chi connectivity index (χ1v) is 9.98. The van der Waals surface area contributed by atoms with E-state index in [1.54, 1.807) is 28.4 Å². The van der Waals surface area contributed by atoms with Crippen LogP contribution in [0.5, 0.6) is 0 Å². The summed E-state index contributed by atoms with van der Waals surface area (Å²) in [7, 11) is 0. The van der Waals surface area contributed by atoms with Gasteiger partial charge in [0, 0.05) is 36.1 Å². The zero-order valence-electron chi connectivity index (χ0n) is 14.9. The second-order valence-electron chi connectivity index (χ2n) is 6.73. The number of carbonyl (C=O) groups excluding carboxylic acids is 1. The van der Waals surface area contributed by atoms with Crippen LogP contribution in [0.1, 0.15) is 34.1 Å². The molecule has 1 amide bonds. The molecule has 2 saturated heterocycles. The molecule has 0 N–H and O–H groups in total. The zero-order chi connectivity index (χ0) is 18.8. The van der Waals surface area contributed by atoms with E-state index in [9.17, 15) is 14.9 Å². The molecule has 8 heteroatoms. The van der Waals surface area contributed by atoms with Crippen molar-refractivity contribution in [2.75, 3.05) is 37.7 Å². The van der Waals surface area contributed by atoms with Gasteiger partial charge in [-0.15, -0.1) is 11.3 Å². The average Bonchev–Trinajstić information content (AvgIpc) is 3.39. The van der Waals surface area contributed by atoms with Crippen molar-refractivity contribution in [1.82, 2.24) is 4.90 Å². The Hall–Kier alpha value is -2.45. The molecule has 2 aliphatic rings. The molecule has 2 aromatic rings. The lowest BCUT2D eigenvalue weighted by molar-refractivity contribution is -0.384. The molecule has 1 unspecified atom stereocenters. The van der Waals surface area contributed by atoms with Crippen molar-refractivity contribution in [2.45, 2.75) is 18.9 Å². The number of hydrogen-bond donors (Lipinski definition) is 0. The van der Waals surface area contributed by atoms with E-state index in [1.807, 2.05) is 11.4 Å². The van der Waals surface area contributed by atoms with Gasteiger partial charge in [-0.05, 0) is 36.4 Å². The Balaban J connectivity index is 1.65. The van der Waals surface area contributed by atoms with Gasteiger partial charge >= 0.3 is 0 Å². The van der Waals surface area contributed by atoms with E-state index in [4.69, 9.17) is 4.74 Å². The Morgan fingerprint density at radius 2 is 2.04 bits per heavy atom. The van der Waals surface area contributed by atoms with Crippen molar-refractivity contribution >= 4 is 28.6 Å². The minimum atomic E-state index is -0.380. The molecule has 1 atom stereocenters. The number of nitro benzene ring substituents is 1. The summed E-state index contributed by atoms with van der Waals surface area (Å²) >= 11 is 1.68. The van der Waals surface area contributed by atoms with Crippen LogP contribution in [0.2, 0.25) is 0 Å². The topological polar surface area (TPSA) is 75.9 Å². The van der Waals surface area contributed by atoms with Crippen molar-refractivity contribution in [3.05, 3.63) is 56.3 Å². The monoisotopic (exact) mass is 387 g/mol. The lowest BCUT2D eigenvalue weighted by atomic mass is 10.1. The fraction of sp³-hybridized carbons (Fsp3) is 0.421. The van der Waals surface area contributed by atoms with Gasteiger partial charge in [0.1, 0.15) is 5.69 Å². The van der Waals surface area contributed by atoms with Crippen LogP contribution in [-0.4, -0.2) is 48.6 Å². The number of ether oxygens (including phenoxy) is 1. The molecular formula is C19H21N3O4S. The van der Waals surface area contributed by atoms with Gasteiger partial charge in [0.25, 0.3) is 11.6 Å². The first-order valence-electron chi connectivity index (χ1n) is 9.10. The van der Waals surface area contributed by atoms with Gasteiger partial charge < -0.3 is 14.5 Å². The third-order valence-corrected chi connectivity index (χ3v) is 6.12. The van der Waals surface area contributed by atoms with Gasteiger partial charge in [0.05, 0.1) is 24.2 Å². The van der Waals surface area contributed by atoms with Crippen LogP contribution in [0.4, 0.5) is 11.4 Å². The molecule has 1 aromatic heterocycles. The standard InChI is InChI=1S/C19H21N3O4S/c23-19(20-8-10-26-11-9-20)14-5-6-15(17(13-14)22(24)25)21-7-1-3-16(21)18-4-2-12-27-18/h2,4-6,12-13,16H,1,3,7-11H2. The molecule has 1 aromatic carbocycles. The summed E-state index contributed by atoms with van der Waals surface area (Å²) in [5.74, 6) is -0.177. The number of nitro groups is 1. The van der Waals surface area contributed by atoms with Crippen LogP contribution >= 0.6 is 11.3 Å². The summed E-state index contributed by atoms with van der Waals surface area (Å²) in [5.41, 5.74) is 0.950. The number of benzene rings is 1. The van der Waals surface area contributed by atoms with Gasteiger partial charge in [0.2, 0.25) is 0 Å². The fourth-order valence-electron chi connectivity index (χ4n) is 3.83. The Morgan fingerprint density at radius 1 is 1.22 bits per heavy atom. The Kier molecular flexibility index (Phi) is 5.09. The Morgan fingerprint density at radius 3 is 2.74 bits per heavy atom. The normalized spacial score (nSPS) is 20.1. The van der Waals surface area contributed by atoms with Crippen LogP contribution in [-0.2, 0) is 4.74 Å². The predicted molar refractivity (Wildman–Crippen MR) is 103 cm³/mol. The number of rotatable bonds is 4. The van der Waals surface area contributed by atoms with Crippen LogP contribution in [0, 0.1) is 10.1 Å².